The van der Waals surface area contributed by atoms with Gasteiger partial charge < -0.3 is 14.8 Å². The van der Waals surface area contributed by atoms with Crippen molar-refractivity contribution in [1.82, 2.24) is 10.3 Å². The molecule has 1 aromatic rings. The van der Waals surface area contributed by atoms with Gasteiger partial charge >= 0.3 is 0 Å². The second-order valence-electron chi connectivity index (χ2n) is 6.37. The zero-order valence-corrected chi connectivity index (χ0v) is 13.1. The molecule has 0 aromatic carbocycles. The van der Waals surface area contributed by atoms with Gasteiger partial charge in [0.25, 0.3) is 0 Å². The Morgan fingerprint density at radius 3 is 2.76 bits per heavy atom. The Morgan fingerprint density at radius 1 is 1.19 bits per heavy atom. The molecule has 2 unspecified atom stereocenters. The SMILES string of the molecule is COC1CCCC(Oc2cc(CNC3CC3)cc(C)n2)C1. The first kappa shape index (κ1) is 14.8. The Hall–Kier alpha value is -1.13. The molecular formula is C17H26N2O2. The van der Waals surface area contributed by atoms with Crippen LogP contribution < -0.4 is 10.1 Å². The van der Waals surface area contributed by atoms with E-state index in [1.165, 1.54) is 24.8 Å². The van der Waals surface area contributed by atoms with Gasteiger partial charge in [-0.2, -0.15) is 0 Å². The molecule has 0 spiro atoms. The molecule has 0 amide bonds. The van der Waals surface area contributed by atoms with E-state index in [0.29, 0.717) is 6.10 Å². The molecule has 0 bridgehead atoms. The van der Waals surface area contributed by atoms with Crippen LogP contribution in [0.15, 0.2) is 12.1 Å². The molecule has 2 aliphatic carbocycles. The summed E-state index contributed by atoms with van der Waals surface area (Å²) in [6.07, 6.45) is 7.60. The summed E-state index contributed by atoms with van der Waals surface area (Å²) in [7, 11) is 1.79. The van der Waals surface area contributed by atoms with Gasteiger partial charge in [-0.15, -0.1) is 0 Å². The second kappa shape index (κ2) is 6.75. The monoisotopic (exact) mass is 290 g/mol. The molecule has 4 nitrogen and oxygen atoms in total. The number of methoxy groups -OCH3 is 1. The Bertz CT molecular complexity index is 474. The van der Waals surface area contributed by atoms with Crippen molar-refractivity contribution < 1.29 is 9.47 Å². The molecule has 0 radical (unpaired) electrons. The molecule has 2 aliphatic rings. The molecular weight excluding hydrogens is 264 g/mol. The maximum Gasteiger partial charge on any atom is 0.214 e. The predicted octanol–water partition coefficient (Wildman–Crippen LogP) is 2.98. The van der Waals surface area contributed by atoms with Crippen LogP contribution in [0.5, 0.6) is 5.88 Å². The topological polar surface area (TPSA) is 43.4 Å². The van der Waals surface area contributed by atoms with E-state index in [-0.39, 0.29) is 6.10 Å². The van der Waals surface area contributed by atoms with Gasteiger partial charge in [0.05, 0.1) is 6.10 Å². The summed E-state index contributed by atoms with van der Waals surface area (Å²) in [5.41, 5.74) is 2.29. The number of pyridine rings is 1. The van der Waals surface area contributed by atoms with E-state index >= 15 is 0 Å². The van der Waals surface area contributed by atoms with E-state index < -0.39 is 0 Å². The lowest BCUT2D eigenvalue weighted by Crippen LogP contribution is -2.29. The highest BCUT2D eigenvalue weighted by molar-refractivity contribution is 5.25. The van der Waals surface area contributed by atoms with Gasteiger partial charge in [0.2, 0.25) is 5.88 Å². The molecule has 1 aromatic heterocycles. The van der Waals surface area contributed by atoms with Gasteiger partial charge in [-0.05, 0) is 50.7 Å². The fourth-order valence-corrected chi connectivity index (χ4v) is 3.01. The van der Waals surface area contributed by atoms with Gasteiger partial charge in [-0.3, -0.25) is 0 Å². The summed E-state index contributed by atoms with van der Waals surface area (Å²) in [6, 6.07) is 4.95. The van der Waals surface area contributed by atoms with E-state index in [9.17, 15) is 0 Å². The highest BCUT2D eigenvalue weighted by Crippen LogP contribution is 2.25. The number of nitrogens with one attached hydrogen (secondary N) is 1. The van der Waals surface area contributed by atoms with Gasteiger partial charge in [-0.1, -0.05) is 0 Å². The van der Waals surface area contributed by atoms with Crippen molar-refractivity contribution in [2.45, 2.75) is 70.2 Å². The summed E-state index contributed by atoms with van der Waals surface area (Å²) < 4.78 is 11.6. The molecule has 2 saturated carbocycles. The lowest BCUT2D eigenvalue weighted by molar-refractivity contribution is 0.0194. The Labute approximate surface area is 127 Å². The Balaban J connectivity index is 1.60. The van der Waals surface area contributed by atoms with Crippen molar-refractivity contribution in [1.29, 1.82) is 0 Å². The fourth-order valence-electron chi connectivity index (χ4n) is 3.01. The van der Waals surface area contributed by atoms with Crippen molar-refractivity contribution in [3.63, 3.8) is 0 Å². The number of nitrogens with zero attached hydrogens (tertiary/aromatic N) is 1. The van der Waals surface area contributed by atoms with Gasteiger partial charge in [0.1, 0.15) is 6.10 Å². The van der Waals surface area contributed by atoms with Crippen LogP contribution in [0.2, 0.25) is 0 Å². The third-order valence-electron chi connectivity index (χ3n) is 4.36. The van der Waals surface area contributed by atoms with E-state index in [2.05, 4.69) is 22.4 Å². The molecule has 1 heterocycles. The number of aryl methyl sites for hydroxylation is 1. The van der Waals surface area contributed by atoms with Crippen LogP contribution in [-0.2, 0) is 11.3 Å². The van der Waals surface area contributed by atoms with Crippen LogP contribution in [0, 0.1) is 6.92 Å². The maximum absolute atomic E-state index is 6.11. The van der Waals surface area contributed by atoms with Gasteiger partial charge in [0, 0.05) is 37.9 Å². The molecule has 1 N–H and O–H groups in total. The standard InChI is InChI=1S/C17H26N2O2/c1-12-8-13(11-18-14-6-7-14)9-17(19-12)21-16-5-3-4-15(10-16)20-2/h8-9,14-16,18H,3-7,10-11H2,1-2H3. The Morgan fingerprint density at radius 2 is 2.00 bits per heavy atom. The van der Waals surface area contributed by atoms with Crippen molar-refractivity contribution >= 4 is 0 Å². The summed E-state index contributed by atoms with van der Waals surface area (Å²) in [4.78, 5) is 4.53. The van der Waals surface area contributed by atoms with Crippen molar-refractivity contribution in [3.8, 4) is 5.88 Å². The van der Waals surface area contributed by atoms with Gasteiger partial charge in [0.15, 0.2) is 0 Å². The lowest BCUT2D eigenvalue weighted by Gasteiger charge is -2.28. The van der Waals surface area contributed by atoms with Crippen LogP contribution in [0.4, 0.5) is 0 Å². The quantitative estimate of drug-likeness (QED) is 0.874. The van der Waals surface area contributed by atoms with E-state index in [1.807, 2.05) is 6.92 Å². The molecule has 2 fully saturated rings. The van der Waals surface area contributed by atoms with Crippen LogP contribution in [0.1, 0.15) is 49.8 Å². The zero-order valence-electron chi connectivity index (χ0n) is 13.1. The number of rotatable bonds is 6. The molecule has 116 valence electrons. The maximum atomic E-state index is 6.11. The Kier molecular flexibility index (Phi) is 4.76. The molecule has 21 heavy (non-hydrogen) atoms. The van der Waals surface area contributed by atoms with E-state index in [0.717, 1.165) is 43.4 Å². The minimum Gasteiger partial charge on any atom is -0.474 e. The number of hydrogen-bond donors (Lipinski definition) is 1. The second-order valence-corrected chi connectivity index (χ2v) is 6.37. The predicted molar refractivity (Wildman–Crippen MR) is 82.5 cm³/mol. The minimum atomic E-state index is 0.238. The number of ether oxygens (including phenoxy) is 2. The fraction of sp³-hybridized carbons (Fsp3) is 0.706. The highest BCUT2D eigenvalue weighted by Gasteiger charge is 2.24. The third-order valence-corrected chi connectivity index (χ3v) is 4.36. The van der Waals surface area contributed by atoms with Gasteiger partial charge in [-0.25, -0.2) is 4.98 Å². The van der Waals surface area contributed by atoms with E-state index in [1.54, 1.807) is 7.11 Å². The summed E-state index contributed by atoms with van der Waals surface area (Å²) in [6.45, 7) is 2.95. The van der Waals surface area contributed by atoms with Crippen molar-refractivity contribution in [2.75, 3.05) is 7.11 Å². The normalized spacial score (nSPS) is 25.8. The first-order valence-corrected chi connectivity index (χ1v) is 8.13. The summed E-state index contributed by atoms with van der Waals surface area (Å²) >= 11 is 0. The van der Waals surface area contributed by atoms with Crippen molar-refractivity contribution in [3.05, 3.63) is 23.4 Å². The lowest BCUT2D eigenvalue weighted by atomic mass is 9.95. The van der Waals surface area contributed by atoms with E-state index in [4.69, 9.17) is 9.47 Å². The first-order valence-electron chi connectivity index (χ1n) is 8.13. The van der Waals surface area contributed by atoms with Crippen LogP contribution in [0.3, 0.4) is 0 Å². The molecule has 2 atom stereocenters. The summed E-state index contributed by atoms with van der Waals surface area (Å²) in [5.74, 6) is 0.768. The third kappa shape index (κ3) is 4.42. The van der Waals surface area contributed by atoms with Crippen LogP contribution in [0.25, 0.3) is 0 Å². The smallest absolute Gasteiger partial charge is 0.214 e. The van der Waals surface area contributed by atoms with Crippen molar-refractivity contribution in [2.24, 2.45) is 0 Å². The zero-order chi connectivity index (χ0) is 14.7. The average molecular weight is 290 g/mol. The highest BCUT2D eigenvalue weighted by atomic mass is 16.5. The largest absolute Gasteiger partial charge is 0.474 e. The molecule has 3 rings (SSSR count). The average Bonchev–Trinajstić information content (AvgIpc) is 3.29. The van der Waals surface area contributed by atoms with Crippen LogP contribution >= 0.6 is 0 Å². The number of hydrogen-bond acceptors (Lipinski definition) is 4. The summed E-state index contributed by atoms with van der Waals surface area (Å²) in [5, 5.41) is 3.54. The minimum absolute atomic E-state index is 0.238. The molecule has 4 heteroatoms. The number of aromatic nitrogens is 1. The van der Waals surface area contributed by atoms with Crippen LogP contribution in [-0.4, -0.2) is 30.3 Å². The molecule has 0 saturated heterocycles. The first-order chi connectivity index (χ1) is 10.2. The molecule has 0 aliphatic heterocycles.